The average Bonchev–Trinajstić information content (AvgIpc) is 3.10. The number of carbonyl (C=O) groups is 1. The number of hydrogen-bond acceptors (Lipinski definition) is 4. The second-order valence-corrected chi connectivity index (χ2v) is 6.80. The second kappa shape index (κ2) is 7.44. The first-order valence-electron chi connectivity index (χ1n) is 9.06. The lowest BCUT2D eigenvalue weighted by atomic mass is 10.0. The number of amides is 1. The van der Waals surface area contributed by atoms with Crippen LogP contribution in [0, 0.1) is 12.7 Å². The third-order valence-electron chi connectivity index (χ3n) is 4.90. The first-order valence-corrected chi connectivity index (χ1v) is 9.06. The molecule has 27 heavy (non-hydrogen) atoms. The highest BCUT2D eigenvalue weighted by atomic mass is 19.1. The maximum absolute atomic E-state index is 13.4. The van der Waals surface area contributed by atoms with Crippen molar-refractivity contribution >= 4 is 11.6 Å². The molecular weight excluding hydrogens is 347 g/mol. The molecule has 0 radical (unpaired) electrons. The number of rotatable bonds is 4. The largest absolute Gasteiger partial charge is 0.381 e. The van der Waals surface area contributed by atoms with Crippen molar-refractivity contribution in [3.05, 3.63) is 65.4 Å². The van der Waals surface area contributed by atoms with Gasteiger partial charge in [-0.15, -0.1) is 0 Å². The monoisotopic (exact) mass is 368 g/mol. The van der Waals surface area contributed by atoms with Crippen LogP contribution in [0.25, 0.3) is 5.65 Å². The molecular formula is C20H21FN4O2. The van der Waals surface area contributed by atoms with E-state index in [-0.39, 0.29) is 17.8 Å². The van der Waals surface area contributed by atoms with E-state index in [0.29, 0.717) is 31.0 Å². The smallest absolute Gasteiger partial charge is 0.259 e. The van der Waals surface area contributed by atoms with E-state index < -0.39 is 0 Å². The van der Waals surface area contributed by atoms with E-state index in [4.69, 9.17) is 4.74 Å². The van der Waals surface area contributed by atoms with E-state index in [1.165, 1.54) is 12.1 Å². The van der Waals surface area contributed by atoms with Crippen LogP contribution in [0.5, 0.6) is 0 Å². The topological polar surface area (TPSA) is 59.7 Å². The summed E-state index contributed by atoms with van der Waals surface area (Å²) in [6, 6.07) is 8.19. The minimum Gasteiger partial charge on any atom is -0.381 e. The molecule has 4 rings (SSSR count). The zero-order valence-corrected chi connectivity index (χ0v) is 15.1. The van der Waals surface area contributed by atoms with Crippen molar-refractivity contribution in [1.29, 1.82) is 0 Å². The molecule has 3 heterocycles. The van der Waals surface area contributed by atoms with Gasteiger partial charge in [-0.3, -0.25) is 4.79 Å². The van der Waals surface area contributed by atoms with Gasteiger partial charge in [-0.05, 0) is 43.5 Å². The van der Waals surface area contributed by atoms with Gasteiger partial charge in [0.15, 0.2) is 5.65 Å². The van der Waals surface area contributed by atoms with Crippen molar-refractivity contribution in [2.45, 2.75) is 32.4 Å². The summed E-state index contributed by atoms with van der Waals surface area (Å²) in [5.41, 5.74) is 2.74. The summed E-state index contributed by atoms with van der Waals surface area (Å²) >= 11 is 0. The summed E-state index contributed by atoms with van der Waals surface area (Å²) in [7, 11) is 0. The van der Waals surface area contributed by atoms with Gasteiger partial charge in [0.05, 0.1) is 6.20 Å². The van der Waals surface area contributed by atoms with Crippen LogP contribution in [0.4, 0.5) is 4.39 Å². The molecule has 140 valence electrons. The van der Waals surface area contributed by atoms with E-state index in [1.807, 2.05) is 17.9 Å². The van der Waals surface area contributed by atoms with E-state index in [9.17, 15) is 9.18 Å². The van der Waals surface area contributed by atoms with Crippen molar-refractivity contribution in [1.82, 2.24) is 19.5 Å². The Bertz CT molecular complexity index is 948. The molecule has 3 aromatic rings. The number of aryl methyl sites for hydroxylation is 1. The molecule has 0 atom stereocenters. The van der Waals surface area contributed by atoms with Crippen LogP contribution < -0.4 is 0 Å². The molecule has 1 amide bonds. The molecule has 0 saturated carbocycles. The van der Waals surface area contributed by atoms with E-state index in [0.717, 1.165) is 24.1 Å². The molecule has 1 aliphatic heterocycles. The maximum atomic E-state index is 13.4. The van der Waals surface area contributed by atoms with Gasteiger partial charge in [0, 0.05) is 37.7 Å². The van der Waals surface area contributed by atoms with Crippen LogP contribution in [0.1, 0.15) is 34.5 Å². The van der Waals surface area contributed by atoms with Crippen LogP contribution in [0.2, 0.25) is 0 Å². The number of hydrogen-bond donors (Lipinski definition) is 0. The molecule has 6 nitrogen and oxygen atoms in total. The molecule has 0 aliphatic carbocycles. The Morgan fingerprint density at radius 1 is 1.26 bits per heavy atom. The number of benzene rings is 1. The predicted octanol–water partition coefficient (Wildman–Crippen LogP) is 3.00. The van der Waals surface area contributed by atoms with Gasteiger partial charge >= 0.3 is 0 Å². The zero-order valence-electron chi connectivity index (χ0n) is 15.1. The molecule has 0 spiro atoms. The SMILES string of the molecule is Cc1ccn2ncc(C(=O)N(Cc3ccc(F)cc3)C3CCOCC3)c2n1. The molecule has 0 bridgehead atoms. The van der Waals surface area contributed by atoms with Gasteiger partial charge in [0.1, 0.15) is 11.4 Å². The van der Waals surface area contributed by atoms with Gasteiger partial charge in [-0.1, -0.05) is 12.1 Å². The Hall–Kier alpha value is -2.80. The Morgan fingerprint density at radius 3 is 2.74 bits per heavy atom. The van der Waals surface area contributed by atoms with E-state index >= 15 is 0 Å². The molecule has 1 fully saturated rings. The third-order valence-corrected chi connectivity index (χ3v) is 4.90. The third kappa shape index (κ3) is 3.68. The molecule has 2 aromatic heterocycles. The lowest BCUT2D eigenvalue weighted by Crippen LogP contribution is -2.43. The van der Waals surface area contributed by atoms with Gasteiger partial charge in [-0.2, -0.15) is 5.10 Å². The first-order chi connectivity index (χ1) is 13.1. The number of halogens is 1. The highest BCUT2D eigenvalue weighted by Gasteiger charge is 2.29. The quantitative estimate of drug-likeness (QED) is 0.710. The molecule has 7 heteroatoms. The summed E-state index contributed by atoms with van der Waals surface area (Å²) in [4.78, 5) is 19.7. The zero-order chi connectivity index (χ0) is 18.8. The fourth-order valence-electron chi connectivity index (χ4n) is 3.41. The van der Waals surface area contributed by atoms with Crippen molar-refractivity contribution < 1.29 is 13.9 Å². The number of fused-ring (bicyclic) bond motifs is 1. The number of nitrogens with zero attached hydrogens (tertiary/aromatic N) is 4. The molecule has 1 aliphatic rings. The van der Waals surface area contributed by atoms with Gasteiger partial charge in [0.25, 0.3) is 5.91 Å². The Morgan fingerprint density at radius 2 is 2.00 bits per heavy atom. The summed E-state index contributed by atoms with van der Waals surface area (Å²) in [6.45, 7) is 3.55. The van der Waals surface area contributed by atoms with Crippen molar-refractivity contribution in [2.75, 3.05) is 13.2 Å². The van der Waals surface area contributed by atoms with E-state index in [1.54, 1.807) is 29.0 Å². The van der Waals surface area contributed by atoms with Gasteiger partial charge in [0.2, 0.25) is 0 Å². The van der Waals surface area contributed by atoms with Gasteiger partial charge < -0.3 is 9.64 Å². The lowest BCUT2D eigenvalue weighted by Gasteiger charge is -2.34. The summed E-state index contributed by atoms with van der Waals surface area (Å²) in [6.07, 6.45) is 4.92. The molecule has 1 saturated heterocycles. The summed E-state index contributed by atoms with van der Waals surface area (Å²) < 4.78 is 20.3. The number of carbonyl (C=O) groups excluding carboxylic acids is 1. The van der Waals surface area contributed by atoms with Crippen molar-refractivity contribution in [2.24, 2.45) is 0 Å². The summed E-state index contributed by atoms with van der Waals surface area (Å²) in [5, 5.41) is 4.26. The highest BCUT2D eigenvalue weighted by Crippen LogP contribution is 2.22. The Labute approximate surface area is 156 Å². The fourth-order valence-corrected chi connectivity index (χ4v) is 3.41. The number of aromatic nitrogens is 3. The van der Waals surface area contributed by atoms with E-state index in [2.05, 4.69) is 10.1 Å². The normalized spacial score (nSPS) is 15.2. The van der Waals surface area contributed by atoms with Crippen LogP contribution in [-0.2, 0) is 11.3 Å². The standard InChI is InChI=1S/C20H21FN4O2/c1-14-6-9-25-19(23-14)18(12-22-25)20(26)24(17-7-10-27-11-8-17)13-15-2-4-16(21)5-3-15/h2-6,9,12,17H,7-8,10-11,13H2,1H3. The van der Waals surface area contributed by atoms with Crippen LogP contribution >= 0.6 is 0 Å². The minimum atomic E-state index is -0.287. The van der Waals surface area contributed by atoms with Crippen LogP contribution in [0.3, 0.4) is 0 Å². The van der Waals surface area contributed by atoms with Crippen LogP contribution in [-0.4, -0.2) is 44.7 Å². The fraction of sp³-hybridized carbons (Fsp3) is 0.350. The maximum Gasteiger partial charge on any atom is 0.259 e. The average molecular weight is 368 g/mol. The minimum absolute atomic E-state index is 0.0658. The second-order valence-electron chi connectivity index (χ2n) is 6.80. The molecule has 0 unspecified atom stereocenters. The molecule has 1 aromatic carbocycles. The number of ether oxygens (including phenoxy) is 1. The lowest BCUT2D eigenvalue weighted by molar-refractivity contribution is 0.0268. The van der Waals surface area contributed by atoms with Gasteiger partial charge in [-0.25, -0.2) is 13.9 Å². The van der Waals surface area contributed by atoms with Crippen LogP contribution in [0.15, 0.2) is 42.7 Å². The van der Waals surface area contributed by atoms with Crippen molar-refractivity contribution in [3.63, 3.8) is 0 Å². The predicted molar refractivity (Wildman–Crippen MR) is 97.8 cm³/mol. The van der Waals surface area contributed by atoms with Crippen molar-refractivity contribution in [3.8, 4) is 0 Å². The Kier molecular flexibility index (Phi) is 4.85. The molecule has 0 N–H and O–H groups in total. The summed E-state index contributed by atoms with van der Waals surface area (Å²) in [5.74, 6) is -0.399. The first kappa shape index (κ1) is 17.6. The highest BCUT2D eigenvalue weighted by molar-refractivity contribution is 5.99. The Balaban J connectivity index is 1.68.